The number of halogens is 3. The number of alkyl halides is 1. The summed E-state index contributed by atoms with van der Waals surface area (Å²) in [6.45, 7) is 0.563. The molecule has 0 aromatic heterocycles. The lowest BCUT2D eigenvalue weighted by Crippen LogP contribution is -2.25. The molecular weight excluding hydrogens is 321 g/mol. The van der Waals surface area contributed by atoms with E-state index < -0.39 is 5.82 Å². The van der Waals surface area contributed by atoms with Crippen LogP contribution >= 0.6 is 27.5 Å². The summed E-state index contributed by atoms with van der Waals surface area (Å²) in [6, 6.07) is 4.33. The Morgan fingerprint density at radius 3 is 2.72 bits per heavy atom. The molecule has 1 rings (SSSR count). The van der Waals surface area contributed by atoms with E-state index in [-0.39, 0.29) is 11.5 Å². The first-order valence-corrected chi connectivity index (χ1v) is 7.27. The van der Waals surface area contributed by atoms with Crippen molar-refractivity contribution in [1.82, 2.24) is 5.32 Å². The van der Waals surface area contributed by atoms with E-state index >= 15 is 0 Å². The Labute approximate surface area is 120 Å². The van der Waals surface area contributed by atoms with Crippen LogP contribution in [-0.4, -0.2) is 18.3 Å². The zero-order chi connectivity index (χ0) is 13.4. The van der Waals surface area contributed by atoms with Crippen molar-refractivity contribution in [3.05, 3.63) is 34.1 Å². The van der Waals surface area contributed by atoms with E-state index in [0.717, 1.165) is 25.7 Å². The van der Waals surface area contributed by atoms with Gasteiger partial charge >= 0.3 is 0 Å². The van der Waals surface area contributed by atoms with Gasteiger partial charge in [-0.3, -0.25) is 4.79 Å². The lowest BCUT2D eigenvalue weighted by atomic mass is 10.2. The van der Waals surface area contributed by atoms with Gasteiger partial charge in [0.05, 0.1) is 5.56 Å². The average Bonchev–Trinajstić information content (AvgIpc) is 2.36. The first-order valence-electron chi connectivity index (χ1n) is 5.94. The van der Waals surface area contributed by atoms with Gasteiger partial charge in [-0.15, -0.1) is 11.6 Å². The molecule has 0 aliphatic heterocycles. The molecule has 0 aliphatic carbocycles. The first kappa shape index (κ1) is 15.4. The van der Waals surface area contributed by atoms with Crippen molar-refractivity contribution in [2.24, 2.45) is 0 Å². The molecule has 2 nitrogen and oxygen atoms in total. The predicted octanol–water partition coefficient (Wildman–Crippen LogP) is 4.12. The normalized spacial score (nSPS) is 10.4. The van der Waals surface area contributed by atoms with Gasteiger partial charge in [0.25, 0.3) is 5.91 Å². The molecule has 0 bridgehead atoms. The van der Waals surface area contributed by atoms with E-state index in [9.17, 15) is 9.18 Å². The second-order valence-corrected chi connectivity index (χ2v) is 5.28. The molecule has 0 aliphatic rings. The summed E-state index contributed by atoms with van der Waals surface area (Å²) in [5, 5.41) is 2.71. The van der Waals surface area contributed by atoms with Crippen LogP contribution in [0.2, 0.25) is 0 Å². The summed E-state index contributed by atoms with van der Waals surface area (Å²) in [4.78, 5) is 11.7. The van der Waals surface area contributed by atoms with Crippen molar-refractivity contribution in [3.8, 4) is 0 Å². The molecule has 1 amide bonds. The lowest BCUT2D eigenvalue weighted by molar-refractivity contribution is 0.0949. The predicted molar refractivity (Wildman–Crippen MR) is 75.6 cm³/mol. The summed E-state index contributed by atoms with van der Waals surface area (Å²) < 4.78 is 14.1. The zero-order valence-corrected chi connectivity index (χ0v) is 12.4. The van der Waals surface area contributed by atoms with Crippen LogP contribution in [0.5, 0.6) is 0 Å². The Kier molecular flexibility index (Phi) is 7.28. The highest BCUT2D eigenvalue weighted by Crippen LogP contribution is 2.15. The number of amides is 1. The Hall–Kier alpha value is -0.610. The molecule has 5 heteroatoms. The van der Waals surface area contributed by atoms with Crippen LogP contribution in [0.1, 0.15) is 36.0 Å². The Morgan fingerprint density at radius 2 is 2.00 bits per heavy atom. The smallest absolute Gasteiger partial charge is 0.254 e. The molecule has 0 radical (unpaired) electrons. The highest BCUT2D eigenvalue weighted by Gasteiger charge is 2.11. The number of rotatable bonds is 7. The fourth-order valence-electron chi connectivity index (χ4n) is 1.54. The number of nitrogens with one attached hydrogen (secondary N) is 1. The maximum Gasteiger partial charge on any atom is 0.254 e. The van der Waals surface area contributed by atoms with E-state index in [1.54, 1.807) is 6.07 Å². The molecule has 100 valence electrons. The number of unbranched alkanes of at least 4 members (excludes halogenated alkanes) is 3. The second-order valence-electron chi connectivity index (χ2n) is 3.98. The molecule has 18 heavy (non-hydrogen) atoms. The van der Waals surface area contributed by atoms with Crippen LogP contribution in [0.4, 0.5) is 4.39 Å². The molecule has 0 heterocycles. The molecule has 1 N–H and O–H groups in total. The van der Waals surface area contributed by atoms with Crippen molar-refractivity contribution in [1.29, 1.82) is 0 Å². The molecule has 1 aromatic carbocycles. The topological polar surface area (TPSA) is 29.1 Å². The minimum absolute atomic E-state index is 0.0742. The van der Waals surface area contributed by atoms with Gasteiger partial charge in [-0.05, 0) is 31.0 Å². The van der Waals surface area contributed by atoms with Gasteiger partial charge in [-0.2, -0.15) is 0 Å². The quantitative estimate of drug-likeness (QED) is 0.589. The van der Waals surface area contributed by atoms with Crippen LogP contribution in [0, 0.1) is 5.82 Å². The molecular formula is C13H16BrClFNO. The largest absolute Gasteiger partial charge is 0.352 e. The Morgan fingerprint density at radius 1 is 1.28 bits per heavy atom. The number of benzene rings is 1. The highest BCUT2D eigenvalue weighted by atomic mass is 79.9. The van der Waals surface area contributed by atoms with E-state index in [2.05, 4.69) is 21.2 Å². The van der Waals surface area contributed by atoms with Gasteiger partial charge in [-0.1, -0.05) is 28.8 Å². The number of carbonyl (C=O) groups excluding carboxylic acids is 1. The van der Waals surface area contributed by atoms with E-state index in [1.165, 1.54) is 12.1 Å². The van der Waals surface area contributed by atoms with E-state index in [4.69, 9.17) is 11.6 Å². The van der Waals surface area contributed by atoms with Gasteiger partial charge in [0.2, 0.25) is 0 Å². The van der Waals surface area contributed by atoms with Crippen LogP contribution < -0.4 is 5.32 Å². The Bertz CT molecular complexity index is 401. The minimum Gasteiger partial charge on any atom is -0.352 e. The maximum absolute atomic E-state index is 13.4. The summed E-state index contributed by atoms with van der Waals surface area (Å²) in [5.41, 5.74) is 0.0742. The van der Waals surface area contributed by atoms with Crippen molar-refractivity contribution in [2.75, 3.05) is 12.4 Å². The third-order valence-corrected chi connectivity index (χ3v) is 3.28. The molecule has 0 spiro atoms. The summed E-state index contributed by atoms with van der Waals surface area (Å²) in [5.74, 6) is -0.195. The highest BCUT2D eigenvalue weighted by molar-refractivity contribution is 9.10. The van der Waals surface area contributed by atoms with Crippen LogP contribution in [0.25, 0.3) is 0 Å². The number of hydrogen-bond donors (Lipinski definition) is 1. The average molecular weight is 337 g/mol. The fourth-order valence-corrected chi connectivity index (χ4v) is 2.09. The standard InChI is InChI=1S/C13H16BrClFNO/c14-10-5-6-12(16)11(9-10)13(18)17-8-4-2-1-3-7-15/h5-6,9H,1-4,7-8H2,(H,17,18). The third-order valence-electron chi connectivity index (χ3n) is 2.52. The van der Waals surface area contributed by atoms with Crippen LogP contribution in [0.15, 0.2) is 22.7 Å². The van der Waals surface area contributed by atoms with Crippen molar-refractivity contribution < 1.29 is 9.18 Å². The van der Waals surface area contributed by atoms with Gasteiger partial charge in [0, 0.05) is 16.9 Å². The molecule has 0 saturated heterocycles. The van der Waals surface area contributed by atoms with Gasteiger partial charge in [0.15, 0.2) is 0 Å². The molecule has 1 aromatic rings. The van der Waals surface area contributed by atoms with Gasteiger partial charge < -0.3 is 5.32 Å². The van der Waals surface area contributed by atoms with Crippen LogP contribution in [-0.2, 0) is 0 Å². The SMILES string of the molecule is O=C(NCCCCCCCl)c1cc(Br)ccc1F. The number of carbonyl (C=O) groups is 1. The third kappa shape index (κ3) is 5.36. The summed E-state index contributed by atoms with van der Waals surface area (Å²) in [7, 11) is 0. The molecule has 0 fully saturated rings. The fraction of sp³-hybridized carbons (Fsp3) is 0.462. The maximum atomic E-state index is 13.4. The molecule has 0 saturated carbocycles. The molecule has 0 atom stereocenters. The van der Waals surface area contributed by atoms with Gasteiger partial charge in [-0.25, -0.2) is 4.39 Å². The Balaban J connectivity index is 2.34. The van der Waals surface area contributed by atoms with Gasteiger partial charge in [0.1, 0.15) is 5.82 Å². The summed E-state index contributed by atoms with van der Waals surface area (Å²) >= 11 is 8.78. The van der Waals surface area contributed by atoms with Crippen molar-refractivity contribution in [3.63, 3.8) is 0 Å². The number of hydrogen-bond acceptors (Lipinski definition) is 1. The summed E-state index contributed by atoms with van der Waals surface area (Å²) in [6.07, 6.45) is 3.96. The van der Waals surface area contributed by atoms with Crippen molar-refractivity contribution in [2.45, 2.75) is 25.7 Å². The first-order chi connectivity index (χ1) is 8.65. The zero-order valence-electron chi connectivity index (χ0n) is 10.0. The monoisotopic (exact) mass is 335 g/mol. The van der Waals surface area contributed by atoms with Crippen LogP contribution in [0.3, 0.4) is 0 Å². The lowest BCUT2D eigenvalue weighted by Gasteiger charge is -2.06. The van der Waals surface area contributed by atoms with E-state index in [0.29, 0.717) is 16.9 Å². The molecule has 0 unspecified atom stereocenters. The van der Waals surface area contributed by atoms with Crippen molar-refractivity contribution >= 4 is 33.4 Å². The second kappa shape index (κ2) is 8.48. The minimum atomic E-state index is -0.502. The van der Waals surface area contributed by atoms with E-state index in [1.807, 2.05) is 0 Å².